The Bertz CT molecular complexity index is 1270. The number of carbonyl (C=O) groups is 1. The smallest absolute Gasteiger partial charge is 0.254 e. The zero-order valence-corrected chi connectivity index (χ0v) is 23.8. The number of benzene rings is 3. The quantitative estimate of drug-likeness (QED) is 0.282. The van der Waals surface area contributed by atoms with E-state index in [1.165, 1.54) is 5.56 Å². The predicted molar refractivity (Wildman–Crippen MR) is 152 cm³/mol. The zero-order valence-electron chi connectivity index (χ0n) is 23.8. The first-order valence-corrected chi connectivity index (χ1v) is 13.6. The van der Waals surface area contributed by atoms with Crippen molar-refractivity contribution in [2.24, 2.45) is 0 Å². The van der Waals surface area contributed by atoms with Crippen LogP contribution in [0.5, 0.6) is 28.7 Å². The number of amides is 1. The minimum atomic E-state index is -0.326. The number of carbonyl (C=O) groups excluding carboxylic acids is 1. The van der Waals surface area contributed by atoms with Gasteiger partial charge in [0.1, 0.15) is 12.4 Å². The van der Waals surface area contributed by atoms with E-state index in [1.54, 1.807) is 32.4 Å². The second kappa shape index (κ2) is 12.8. The first kappa shape index (κ1) is 28.1. The third-order valence-corrected chi connectivity index (χ3v) is 7.01. The molecule has 1 amide bonds. The van der Waals surface area contributed by atoms with E-state index >= 15 is 0 Å². The van der Waals surface area contributed by atoms with E-state index in [2.05, 4.69) is 26.0 Å². The van der Waals surface area contributed by atoms with Crippen molar-refractivity contribution >= 4 is 5.91 Å². The van der Waals surface area contributed by atoms with Crippen molar-refractivity contribution in [3.05, 3.63) is 76.9 Å². The molecular weight excluding hydrogens is 494 g/mol. The minimum absolute atomic E-state index is 0.0943. The Kier molecular flexibility index (Phi) is 9.23. The van der Waals surface area contributed by atoms with Crippen molar-refractivity contribution < 1.29 is 28.5 Å². The highest BCUT2D eigenvalue weighted by atomic mass is 16.5. The van der Waals surface area contributed by atoms with E-state index in [4.69, 9.17) is 23.7 Å². The van der Waals surface area contributed by atoms with E-state index in [-0.39, 0.29) is 11.9 Å². The zero-order chi connectivity index (χ0) is 27.9. The van der Waals surface area contributed by atoms with Crippen LogP contribution in [0.2, 0.25) is 0 Å². The van der Waals surface area contributed by atoms with Crippen molar-refractivity contribution in [1.29, 1.82) is 0 Å². The van der Waals surface area contributed by atoms with Gasteiger partial charge in [0.2, 0.25) is 0 Å². The summed E-state index contributed by atoms with van der Waals surface area (Å²) in [5, 5.41) is 0. The van der Waals surface area contributed by atoms with Crippen molar-refractivity contribution in [2.75, 3.05) is 40.6 Å². The number of methoxy groups -OCH3 is 2. The van der Waals surface area contributed by atoms with Gasteiger partial charge in [0.15, 0.2) is 23.0 Å². The summed E-state index contributed by atoms with van der Waals surface area (Å²) in [6, 6.07) is 17.1. The Morgan fingerprint density at radius 1 is 0.846 bits per heavy atom. The first-order chi connectivity index (χ1) is 18.9. The maximum atomic E-state index is 14.0. The Balaban J connectivity index is 1.68. The first-order valence-electron chi connectivity index (χ1n) is 13.6. The maximum Gasteiger partial charge on any atom is 0.254 e. The standard InChI is InChI=1S/C32H39NO6/c1-7-37-28-14-11-24(18-31(28)38-8-2)32(34)33-16-15-23-17-29(35-5)30(36-6)19-26(23)27(33)20-39-25-12-9-22(10-13-25)21(3)4/h9-14,17-19,21,27H,7-8,15-16,20H2,1-6H3. The summed E-state index contributed by atoms with van der Waals surface area (Å²) >= 11 is 0. The number of ether oxygens (including phenoxy) is 5. The summed E-state index contributed by atoms with van der Waals surface area (Å²) < 4.78 is 28.9. The molecule has 4 rings (SSSR count). The molecule has 0 saturated carbocycles. The van der Waals surface area contributed by atoms with Crippen LogP contribution < -0.4 is 23.7 Å². The van der Waals surface area contributed by atoms with Gasteiger partial charge in [-0.3, -0.25) is 4.79 Å². The third kappa shape index (κ3) is 6.24. The molecule has 0 aromatic heterocycles. The van der Waals surface area contributed by atoms with Gasteiger partial charge in [0.25, 0.3) is 5.91 Å². The number of rotatable bonds is 11. The highest BCUT2D eigenvalue weighted by Gasteiger charge is 2.34. The van der Waals surface area contributed by atoms with Crippen LogP contribution in [0.15, 0.2) is 54.6 Å². The molecule has 0 aliphatic carbocycles. The fourth-order valence-electron chi connectivity index (χ4n) is 4.93. The van der Waals surface area contributed by atoms with Crippen LogP contribution in [-0.4, -0.2) is 51.4 Å². The van der Waals surface area contributed by atoms with Crippen LogP contribution in [-0.2, 0) is 6.42 Å². The molecule has 0 radical (unpaired) electrons. The molecular formula is C32H39NO6. The van der Waals surface area contributed by atoms with Gasteiger partial charge in [-0.05, 0) is 85.3 Å². The predicted octanol–water partition coefficient (Wildman–Crippen LogP) is 6.44. The van der Waals surface area contributed by atoms with E-state index in [9.17, 15) is 4.79 Å². The van der Waals surface area contributed by atoms with Crippen LogP contribution in [0.3, 0.4) is 0 Å². The van der Waals surface area contributed by atoms with Gasteiger partial charge in [0.05, 0.1) is 33.5 Å². The molecule has 208 valence electrons. The number of hydrogen-bond acceptors (Lipinski definition) is 6. The van der Waals surface area contributed by atoms with Gasteiger partial charge in [-0.1, -0.05) is 26.0 Å². The molecule has 0 N–H and O–H groups in total. The van der Waals surface area contributed by atoms with Gasteiger partial charge in [-0.25, -0.2) is 0 Å². The topological polar surface area (TPSA) is 66.5 Å². The molecule has 1 atom stereocenters. The Hall–Kier alpha value is -3.87. The number of nitrogens with zero attached hydrogens (tertiary/aromatic N) is 1. The fourth-order valence-corrected chi connectivity index (χ4v) is 4.93. The van der Waals surface area contributed by atoms with Crippen molar-refractivity contribution in [3.63, 3.8) is 0 Å². The minimum Gasteiger partial charge on any atom is -0.493 e. The van der Waals surface area contributed by atoms with Crippen LogP contribution in [0.4, 0.5) is 0 Å². The van der Waals surface area contributed by atoms with Gasteiger partial charge < -0.3 is 28.6 Å². The van der Waals surface area contributed by atoms with E-state index in [0.29, 0.717) is 67.3 Å². The Labute approximate surface area is 231 Å². The number of fused-ring (bicyclic) bond motifs is 1. The normalized spacial score (nSPS) is 14.5. The van der Waals surface area contributed by atoms with Gasteiger partial charge in [0, 0.05) is 12.1 Å². The molecule has 1 aliphatic rings. The second-order valence-corrected chi connectivity index (χ2v) is 9.73. The largest absolute Gasteiger partial charge is 0.493 e. The SMILES string of the molecule is CCOc1ccc(C(=O)N2CCc3cc(OC)c(OC)cc3C2COc2ccc(C(C)C)cc2)cc1OCC. The van der Waals surface area contributed by atoms with Crippen LogP contribution >= 0.6 is 0 Å². The summed E-state index contributed by atoms with van der Waals surface area (Å²) in [6.45, 7) is 9.99. The fraction of sp³-hybridized carbons (Fsp3) is 0.406. The lowest BCUT2D eigenvalue weighted by molar-refractivity contribution is 0.0588. The third-order valence-electron chi connectivity index (χ3n) is 7.01. The molecule has 3 aromatic carbocycles. The lowest BCUT2D eigenvalue weighted by atomic mass is 9.91. The van der Waals surface area contributed by atoms with Crippen LogP contribution in [0, 0.1) is 0 Å². The molecule has 0 fully saturated rings. The van der Waals surface area contributed by atoms with E-state index in [0.717, 1.165) is 16.9 Å². The van der Waals surface area contributed by atoms with Crippen LogP contribution in [0.25, 0.3) is 0 Å². The average molecular weight is 534 g/mol. The van der Waals surface area contributed by atoms with Crippen molar-refractivity contribution in [1.82, 2.24) is 4.90 Å². The molecule has 0 saturated heterocycles. The number of hydrogen-bond donors (Lipinski definition) is 0. The van der Waals surface area contributed by atoms with Crippen molar-refractivity contribution in [2.45, 2.75) is 46.1 Å². The average Bonchev–Trinajstić information content (AvgIpc) is 2.96. The molecule has 7 nitrogen and oxygen atoms in total. The van der Waals surface area contributed by atoms with Gasteiger partial charge in [-0.2, -0.15) is 0 Å². The molecule has 0 bridgehead atoms. The Morgan fingerprint density at radius 2 is 1.51 bits per heavy atom. The van der Waals surface area contributed by atoms with E-state index in [1.807, 2.05) is 43.0 Å². The molecule has 1 aliphatic heterocycles. The van der Waals surface area contributed by atoms with Gasteiger partial charge >= 0.3 is 0 Å². The summed E-state index contributed by atoms with van der Waals surface area (Å²) in [5.41, 5.74) is 3.89. The summed E-state index contributed by atoms with van der Waals surface area (Å²) in [6.07, 6.45) is 0.691. The molecule has 1 heterocycles. The van der Waals surface area contributed by atoms with E-state index < -0.39 is 0 Å². The molecule has 1 unspecified atom stereocenters. The molecule has 0 spiro atoms. The lowest BCUT2D eigenvalue weighted by Crippen LogP contribution is -2.42. The lowest BCUT2D eigenvalue weighted by Gasteiger charge is -2.37. The maximum absolute atomic E-state index is 14.0. The summed E-state index contributed by atoms with van der Waals surface area (Å²) in [5.74, 6) is 3.59. The molecule has 7 heteroatoms. The molecule has 3 aromatic rings. The van der Waals surface area contributed by atoms with Gasteiger partial charge in [-0.15, -0.1) is 0 Å². The van der Waals surface area contributed by atoms with Crippen molar-refractivity contribution in [3.8, 4) is 28.7 Å². The monoisotopic (exact) mass is 533 g/mol. The summed E-state index contributed by atoms with van der Waals surface area (Å²) in [7, 11) is 3.25. The highest BCUT2D eigenvalue weighted by Crippen LogP contribution is 2.39. The molecule has 39 heavy (non-hydrogen) atoms. The Morgan fingerprint density at radius 3 is 2.15 bits per heavy atom. The van der Waals surface area contributed by atoms with Crippen LogP contribution in [0.1, 0.15) is 66.7 Å². The highest BCUT2D eigenvalue weighted by molar-refractivity contribution is 5.95. The summed E-state index contributed by atoms with van der Waals surface area (Å²) in [4.78, 5) is 15.8. The second-order valence-electron chi connectivity index (χ2n) is 9.73.